The SMILES string of the molecule is COc1ccc(NC(=O)C2CCN(C(=O)C3CC(c4cccnc4)NN3)CC2)cc1Cl. The molecule has 2 amide bonds. The Hall–Kier alpha value is -2.68. The third-order valence-corrected chi connectivity index (χ3v) is 6.18. The van der Waals surface area contributed by atoms with Gasteiger partial charge in [-0.2, -0.15) is 0 Å². The minimum atomic E-state index is -0.281. The lowest BCUT2D eigenvalue weighted by atomic mass is 9.94. The van der Waals surface area contributed by atoms with E-state index < -0.39 is 0 Å². The molecule has 0 radical (unpaired) electrons. The highest BCUT2D eigenvalue weighted by molar-refractivity contribution is 6.32. The van der Waals surface area contributed by atoms with Crippen LogP contribution in [-0.4, -0.2) is 47.9 Å². The summed E-state index contributed by atoms with van der Waals surface area (Å²) in [5.41, 5.74) is 7.99. The molecule has 9 heteroatoms. The number of halogens is 1. The first-order valence-electron chi connectivity index (χ1n) is 10.4. The average Bonchev–Trinajstić information content (AvgIpc) is 3.30. The minimum absolute atomic E-state index is 0.0503. The van der Waals surface area contributed by atoms with Crippen LogP contribution in [0.3, 0.4) is 0 Å². The van der Waals surface area contributed by atoms with E-state index in [0.717, 1.165) is 5.56 Å². The fourth-order valence-electron chi connectivity index (χ4n) is 4.09. The van der Waals surface area contributed by atoms with E-state index in [4.69, 9.17) is 16.3 Å². The zero-order valence-electron chi connectivity index (χ0n) is 17.3. The van der Waals surface area contributed by atoms with Gasteiger partial charge in [0.1, 0.15) is 11.8 Å². The molecule has 0 spiro atoms. The number of rotatable bonds is 5. The van der Waals surface area contributed by atoms with E-state index in [1.807, 2.05) is 23.2 Å². The fourth-order valence-corrected chi connectivity index (χ4v) is 4.35. The topological polar surface area (TPSA) is 95.6 Å². The van der Waals surface area contributed by atoms with Gasteiger partial charge in [-0.25, -0.2) is 10.9 Å². The number of piperidine rings is 1. The molecule has 3 N–H and O–H groups in total. The maximum absolute atomic E-state index is 12.9. The number of pyridine rings is 1. The van der Waals surface area contributed by atoms with Crippen LogP contribution >= 0.6 is 11.6 Å². The van der Waals surface area contributed by atoms with E-state index in [2.05, 4.69) is 21.2 Å². The lowest BCUT2D eigenvalue weighted by Crippen LogP contribution is -2.49. The number of ether oxygens (including phenoxy) is 1. The normalized spacial score (nSPS) is 21.7. The number of likely N-dealkylation sites (tertiary alicyclic amines) is 1. The summed E-state index contributed by atoms with van der Waals surface area (Å²) >= 11 is 6.13. The molecule has 2 aliphatic rings. The molecule has 2 aliphatic heterocycles. The molecular weight excluding hydrogens is 418 g/mol. The van der Waals surface area contributed by atoms with Crippen molar-refractivity contribution >= 4 is 29.1 Å². The third kappa shape index (κ3) is 4.98. The average molecular weight is 444 g/mol. The van der Waals surface area contributed by atoms with Crippen LogP contribution in [0.25, 0.3) is 0 Å². The molecule has 0 bridgehead atoms. The number of benzene rings is 1. The van der Waals surface area contributed by atoms with Crippen LogP contribution in [0.15, 0.2) is 42.7 Å². The van der Waals surface area contributed by atoms with Crippen LogP contribution in [0.4, 0.5) is 5.69 Å². The summed E-state index contributed by atoms with van der Waals surface area (Å²) in [4.78, 5) is 31.6. The number of methoxy groups -OCH3 is 1. The molecule has 1 aromatic heterocycles. The molecule has 3 heterocycles. The molecule has 4 rings (SSSR count). The number of anilines is 1. The van der Waals surface area contributed by atoms with Gasteiger partial charge >= 0.3 is 0 Å². The maximum Gasteiger partial charge on any atom is 0.241 e. The number of hydrogen-bond acceptors (Lipinski definition) is 6. The van der Waals surface area contributed by atoms with E-state index in [0.29, 0.717) is 48.8 Å². The van der Waals surface area contributed by atoms with E-state index in [1.54, 1.807) is 31.5 Å². The van der Waals surface area contributed by atoms with Gasteiger partial charge in [-0.3, -0.25) is 14.6 Å². The standard InChI is InChI=1S/C22H26ClN5O3/c1-31-20-5-4-16(11-17(20)23)25-21(29)14-6-9-28(10-7-14)22(30)19-12-18(26-27-19)15-3-2-8-24-13-15/h2-5,8,11,13-14,18-19,26-27H,6-7,9-10,12H2,1H3,(H,25,29). The van der Waals surface area contributed by atoms with Gasteiger partial charge in [0.05, 0.1) is 12.1 Å². The van der Waals surface area contributed by atoms with Crippen molar-refractivity contribution in [1.82, 2.24) is 20.7 Å². The fraction of sp³-hybridized carbons (Fsp3) is 0.409. The predicted molar refractivity (Wildman–Crippen MR) is 118 cm³/mol. The van der Waals surface area contributed by atoms with Crippen LogP contribution in [0.5, 0.6) is 5.75 Å². The first-order chi connectivity index (χ1) is 15.0. The number of nitrogens with zero attached hydrogens (tertiary/aromatic N) is 2. The highest BCUT2D eigenvalue weighted by Gasteiger charge is 2.35. The van der Waals surface area contributed by atoms with Crippen LogP contribution in [0.1, 0.15) is 30.9 Å². The zero-order chi connectivity index (χ0) is 21.8. The quantitative estimate of drug-likeness (QED) is 0.657. The van der Waals surface area contributed by atoms with Gasteiger partial charge in [-0.15, -0.1) is 0 Å². The lowest BCUT2D eigenvalue weighted by Gasteiger charge is -2.32. The van der Waals surface area contributed by atoms with Crippen molar-refractivity contribution in [2.75, 3.05) is 25.5 Å². The van der Waals surface area contributed by atoms with Crippen molar-refractivity contribution in [1.29, 1.82) is 0 Å². The minimum Gasteiger partial charge on any atom is -0.495 e. The van der Waals surface area contributed by atoms with Crippen molar-refractivity contribution in [2.24, 2.45) is 5.92 Å². The molecule has 1 aromatic carbocycles. The van der Waals surface area contributed by atoms with Crippen LogP contribution in [-0.2, 0) is 9.59 Å². The second-order valence-corrected chi connectivity index (χ2v) is 8.26. The molecule has 2 aromatic rings. The van der Waals surface area contributed by atoms with Gasteiger partial charge in [-0.05, 0) is 49.1 Å². The molecule has 2 saturated heterocycles. The summed E-state index contributed by atoms with van der Waals surface area (Å²) in [5.74, 6) is 0.445. The van der Waals surface area contributed by atoms with E-state index in [1.165, 1.54) is 0 Å². The number of hydrazine groups is 1. The number of carbonyl (C=O) groups excluding carboxylic acids is 2. The van der Waals surface area contributed by atoms with Crippen molar-refractivity contribution in [3.05, 3.63) is 53.3 Å². The molecule has 2 unspecified atom stereocenters. The summed E-state index contributed by atoms with van der Waals surface area (Å²) < 4.78 is 5.13. The number of amides is 2. The van der Waals surface area contributed by atoms with Crippen molar-refractivity contribution in [2.45, 2.75) is 31.3 Å². The first-order valence-corrected chi connectivity index (χ1v) is 10.8. The second kappa shape index (κ2) is 9.64. The number of nitrogens with one attached hydrogen (secondary N) is 3. The largest absolute Gasteiger partial charge is 0.495 e. The molecule has 31 heavy (non-hydrogen) atoms. The summed E-state index contributed by atoms with van der Waals surface area (Å²) in [6.07, 6.45) is 5.48. The van der Waals surface area contributed by atoms with Crippen molar-refractivity contribution in [3.63, 3.8) is 0 Å². The van der Waals surface area contributed by atoms with Crippen LogP contribution in [0, 0.1) is 5.92 Å². The molecule has 2 fully saturated rings. The Bertz CT molecular complexity index is 934. The number of hydrogen-bond donors (Lipinski definition) is 3. The van der Waals surface area contributed by atoms with E-state index >= 15 is 0 Å². The van der Waals surface area contributed by atoms with Crippen molar-refractivity contribution < 1.29 is 14.3 Å². The van der Waals surface area contributed by atoms with Gasteiger partial charge in [-0.1, -0.05) is 17.7 Å². The Balaban J connectivity index is 1.27. The smallest absolute Gasteiger partial charge is 0.241 e. The molecule has 0 aliphatic carbocycles. The Labute approximate surface area is 186 Å². The zero-order valence-corrected chi connectivity index (χ0v) is 18.1. The van der Waals surface area contributed by atoms with E-state index in [-0.39, 0.29) is 29.8 Å². The molecule has 0 saturated carbocycles. The predicted octanol–water partition coefficient (Wildman–Crippen LogP) is 2.53. The van der Waals surface area contributed by atoms with Crippen LogP contribution < -0.4 is 20.9 Å². The van der Waals surface area contributed by atoms with E-state index in [9.17, 15) is 9.59 Å². The number of aromatic nitrogens is 1. The highest BCUT2D eigenvalue weighted by Crippen LogP contribution is 2.28. The Morgan fingerprint density at radius 2 is 2.03 bits per heavy atom. The molecule has 164 valence electrons. The first kappa shape index (κ1) is 21.5. The summed E-state index contributed by atoms with van der Waals surface area (Å²) in [6, 6.07) is 8.83. The number of carbonyl (C=O) groups is 2. The Morgan fingerprint density at radius 3 is 2.71 bits per heavy atom. The van der Waals surface area contributed by atoms with Gasteiger partial charge in [0.25, 0.3) is 0 Å². The second-order valence-electron chi connectivity index (χ2n) is 7.85. The third-order valence-electron chi connectivity index (χ3n) is 5.88. The van der Waals surface area contributed by atoms with Gasteiger partial charge < -0.3 is 15.0 Å². The van der Waals surface area contributed by atoms with Gasteiger partial charge in [0, 0.05) is 43.1 Å². The summed E-state index contributed by atoms with van der Waals surface area (Å²) in [7, 11) is 1.55. The Morgan fingerprint density at radius 1 is 1.23 bits per heavy atom. The van der Waals surface area contributed by atoms with Crippen LogP contribution in [0.2, 0.25) is 5.02 Å². The monoisotopic (exact) mass is 443 g/mol. The highest BCUT2D eigenvalue weighted by atomic mass is 35.5. The summed E-state index contributed by atoms with van der Waals surface area (Å²) in [5, 5.41) is 3.36. The lowest BCUT2D eigenvalue weighted by molar-refractivity contribution is -0.136. The van der Waals surface area contributed by atoms with Gasteiger partial charge in [0.2, 0.25) is 11.8 Å². The molecular formula is C22H26ClN5O3. The molecule has 2 atom stereocenters. The maximum atomic E-state index is 12.9. The summed E-state index contributed by atoms with van der Waals surface area (Å²) in [6.45, 7) is 1.13. The van der Waals surface area contributed by atoms with Crippen molar-refractivity contribution in [3.8, 4) is 5.75 Å². The van der Waals surface area contributed by atoms with Gasteiger partial charge in [0.15, 0.2) is 0 Å². The Kier molecular flexibility index (Phi) is 6.70. The molecule has 8 nitrogen and oxygen atoms in total.